The van der Waals surface area contributed by atoms with E-state index in [2.05, 4.69) is 9.71 Å². The first-order chi connectivity index (χ1) is 18.1. The van der Waals surface area contributed by atoms with Crippen LogP contribution in [0.3, 0.4) is 0 Å². The molecule has 2 aromatic heterocycles. The van der Waals surface area contributed by atoms with E-state index in [1.807, 2.05) is 4.90 Å². The molecule has 13 heteroatoms. The van der Waals surface area contributed by atoms with Crippen molar-refractivity contribution in [1.29, 1.82) is 0 Å². The third-order valence-electron chi connectivity index (χ3n) is 6.12. The number of benzene rings is 1. The van der Waals surface area contributed by atoms with Crippen LogP contribution in [-0.2, 0) is 21.4 Å². The monoisotopic (exact) mass is 583 g/mol. The fourth-order valence-corrected chi connectivity index (χ4v) is 6.34. The highest BCUT2D eigenvalue weighted by molar-refractivity contribution is 7.92. The molecule has 0 radical (unpaired) electrons. The second-order valence-electron chi connectivity index (χ2n) is 9.07. The van der Waals surface area contributed by atoms with Crippen LogP contribution in [-0.4, -0.2) is 61.1 Å². The van der Waals surface area contributed by atoms with Crippen LogP contribution in [0.15, 0.2) is 48.1 Å². The van der Waals surface area contributed by atoms with Crippen molar-refractivity contribution >= 4 is 51.1 Å². The summed E-state index contributed by atoms with van der Waals surface area (Å²) in [5, 5.41) is 1.06. The maximum Gasteiger partial charge on any atom is 0.233 e. The van der Waals surface area contributed by atoms with Gasteiger partial charge in [0.2, 0.25) is 16.4 Å². The molecular formula is C25H28ClF2N5O3S2. The number of anilines is 1. The molecule has 1 aliphatic heterocycles. The number of hydrogen-bond donors (Lipinski definition) is 1. The summed E-state index contributed by atoms with van der Waals surface area (Å²) in [5.41, 5.74) is 0.607. The second-order valence-corrected chi connectivity index (χ2v) is 12.4. The fraction of sp³-hybridized carbons (Fsp3) is 0.360. The Morgan fingerprint density at radius 3 is 2.82 bits per heavy atom. The molecule has 0 bridgehead atoms. The van der Waals surface area contributed by atoms with E-state index in [0.717, 1.165) is 5.41 Å². The summed E-state index contributed by atoms with van der Waals surface area (Å²) < 4.78 is 58.2. The summed E-state index contributed by atoms with van der Waals surface area (Å²) in [6.45, 7) is 3.21. The number of amides is 1. The highest BCUT2D eigenvalue weighted by Gasteiger charge is 2.23. The van der Waals surface area contributed by atoms with Crippen LogP contribution < -0.4 is 9.62 Å². The lowest BCUT2D eigenvalue weighted by Gasteiger charge is -2.21. The average molecular weight is 584 g/mol. The van der Waals surface area contributed by atoms with Gasteiger partial charge in [0.1, 0.15) is 17.8 Å². The molecule has 1 saturated heterocycles. The van der Waals surface area contributed by atoms with Gasteiger partial charge in [0.15, 0.2) is 0 Å². The molecule has 8 nitrogen and oxygen atoms in total. The van der Waals surface area contributed by atoms with Crippen molar-refractivity contribution in [2.45, 2.75) is 38.5 Å². The molecular weight excluding hydrogens is 556 g/mol. The lowest BCUT2D eigenvalue weighted by Crippen LogP contribution is -2.35. The number of nitrogens with zero attached hydrogens (tertiary/aromatic N) is 4. The van der Waals surface area contributed by atoms with Gasteiger partial charge in [-0.2, -0.15) is 0 Å². The number of imidazole rings is 1. The summed E-state index contributed by atoms with van der Waals surface area (Å²) in [5.74, 6) is 0.0563. The van der Waals surface area contributed by atoms with Crippen molar-refractivity contribution in [2.75, 3.05) is 24.5 Å². The number of carbonyl (C=O) groups is 1. The predicted molar refractivity (Wildman–Crippen MR) is 146 cm³/mol. The molecule has 2 unspecified atom stereocenters. The van der Waals surface area contributed by atoms with Crippen LogP contribution >= 0.6 is 22.9 Å². The first kappa shape index (κ1) is 28.4. The third-order valence-corrected chi connectivity index (χ3v) is 8.54. The molecule has 204 valence electrons. The normalized spacial score (nSPS) is 17.3. The average Bonchev–Trinajstić information content (AvgIpc) is 3.60. The summed E-state index contributed by atoms with van der Waals surface area (Å²) in [7, 11) is -3.72. The van der Waals surface area contributed by atoms with Gasteiger partial charge in [-0.05, 0) is 50.1 Å². The topological polar surface area (TPSA) is 87.5 Å². The Kier molecular flexibility index (Phi) is 9.32. The zero-order chi connectivity index (χ0) is 27.3. The van der Waals surface area contributed by atoms with Crippen LogP contribution in [0.1, 0.15) is 30.5 Å². The molecule has 38 heavy (non-hydrogen) atoms. The lowest BCUT2D eigenvalue weighted by molar-refractivity contribution is -0.107. The van der Waals surface area contributed by atoms with Crippen molar-refractivity contribution in [3.63, 3.8) is 0 Å². The Morgan fingerprint density at radius 1 is 1.34 bits per heavy atom. The molecule has 1 fully saturated rings. The van der Waals surface area contributed by atoms with E-state index in [1.54, 1.807) is 42.1 Å². The third kappa shape index (κ3) is 7.48. The van der Waals surface area contributed by atoms with E-state index >= 15 is 4.39 Å². The Balaban J connectivity index is 1.37. The highest BCUT2D eigenvalue weighted by atomic mass is 35.5. The Bertz CT molecular complexity index is 1400. The zero-order valence-corrected chi connectivity index (χ0v) is 23.0. The number of aromatic nitrogens is 2. The van der Waals surface area contributed by atoms with Crippen molar-refractivity contribution in [1.82, 2.24) is 19.2 Å². The largest absolute Gasteiger partial charge is 0.312 e. The summed E-state index contributed by atoms with van der Waals surface area (Å²) in [6.07, 6.45) is 5.19. The molecule has 0 saturated carbocycles. The van der Waals surface area contributed by atoms with Gasteiger partial charge in [-0.15, -0.1) is 11.3 Å². The summed E-state index contributed by atoms with van der Waals surface area (Å²) >= 11 is 7.12. The van der Waals surface area contributed by atoms with E-state index < -0.39 is 28.1 Å². The molecule has 0 spiro atoms. The SMILES string of the molecule is CC(CCN(C=O)c1ccc(-n2ccnc2CN2CCC(F)C2)cc1F)NS(=O)(=O)/C=C/c1ccc(Cl)s1. The molecule has 1 aromatic carbocycles. The molecule has 2 atom stereocenters. The van der Waals surface area contributed by atoms with Crippen LogP contribution in [0.5, 0.6) is 0 Å². The summed E-state index contributed by atoms with van der Waals surface area (Å²) in [6, 6.07) is 7.37. The number of nitrogens with one attached hydrogen (secondary N) is 1. The van der Waals surface area contributed by atoms with E-state index in [0.29, 0.717) is 53.2 Å². The van der Waals surface area contributed by atoms with Gasteiger partial charge in [-0.3, -0.25) is 9.69 Å². The van der Waals surface area contributed by atoms with E-state index in [-0.39, 0.29) is 18.7 Å². The minimum Gasteiger partial charge on any atom is -0.312 e. The molecule has 0 aliphatic carbocycles. The first-order valence-electron chi connectivity index (χ1n) is 12.0. The van der Waals surface area contributed by atoms with Gasteiger partial charge in [-0.25, -0.2) is 26.9 Å². The number of likely N-dealkylation sites (tertiary alicyclic amines) is 1. The van der Waals surface area contributed by atoms with Gasteiger partial charge >= 0.3 is 0 Å². The van der Waals surface area contributed by atoms with Crippen molar-refractivity contribution in [2.24, 2.45) is 0 Å². The fourth-order valence-electron chi connectivity index (χ4n) is 4.21. The van der Waals surface area contributed by atoms with E-state index in [9.17, 15) is 17.6 Å². The van der Waals surface area contributed by atoms with Crippen molar-refractivity contribution in [3.8, 4) is 5.69 Å². The Labute approximate surface area is 229 Å². The number of alkyl halides is 1. The molecule has 1 amide bonds. The highest BCUT2D eigenvalue weighted by Crippen LogP contribution is 2.25. The second kappa shape index (κ2) is 12.5. The smallest absolute Gasteiger partial charge is 0.233 e. The Morgan fingerprint density at radius 2 is 2.16 bits per heavy atom. The van der Waals surface area contributed by atoms with Gasteiger partial charge in [0, 0.05) is 60.1 Å². The molecule has 3 aromatic rings. The van der Waals surface area contributed by atoms with Crippen molar-refractivity contribution < 1.29 is 22.0 Å². The van der Waals surface area contributed by atoms with Gasteiger partial charge in [-0.1, -0.05) is 11.6 Å². The maximum absolute atomic E-state index is 15.1. The maximum atomic E-state index is 15.1. The number of rotatable bonds is 12. The number of thiophene rings is 1. The van der Waals surface area contributed by atoms with Crippen LogP contribution in [0.25, 0.3) is 11.8 Å². The quantitative estimate of drug-likeness (QED) is 0.315. The number of sulfonamides is 1. The predicted octanol–water partition coefficient (Wildman–Crippen LogP) is 4.60. The number of hydrogen-bond acceptors (Lipinski definition) is 6. The molecule has 3 heterocycles. The lowest BCUT2D eigenvalue weighted by atomic mass is 10.2. The van der Waals surface area contributed by atoms with E-state index in [1.165, 1.54) is 34.4 Å². The summed E-state index contributed by atoms with van der Waals surface area (Å²) in [4.78, 5) is 20.0. The van der Waals surface area contributed by atoms with Gasteiger partial charge in [0.25, 0.3) is 0 Å². The van der Waals surface area contributed by atoms with Gasteiger partial charge in [0.05, 0.1) is 16.6 Å². The van der Waals surface area contributed by atoms with Gasteiger partial charge < -0.3 is 9.47 Å². The van der Waals surface area contributed by atoms with Crippen molar-refractivity contribution in [3.05, 3.63) is 69.0 Å². The minimum atomic E-state index is -3.72. The number of halogens is 3. The van der Waals surface area contributed by atoms with Crippen LogP contribution in [0.2, 0.25) is 4.34 Å². The van der Waals surface area contributed by atoms with Crippen LogP contribution in [0, 0.1) is 5.82 Å². The van der Waals surface area contributed by atoms with E-state index in [4.69, 9.17) is 11.6 Å². The number of carbonyl (C=O) groups excluding carboxylic acids is 1. The Hall–Kier alpha value is -2.64. The standard InChI is InChI=1S/C25H28ClF2N5O3S2/c1-18(30-38(35,36)13-8-21-3-5-24(26)37-21)6-11-32(17-34)23-4-2-20(14-22(23)28)33-12-9-29-25(33)16-31-10-7-19(27)15-31/h2-5,8-9,12-14,17-19,30H,6-7,10-11,15-16H2,1H3/b13-8+. The zero-order valence-electron chi connectivity index (χ0n) is 20.6. The first-order valence-corrected chi connectivity index (χ1v) is 14.7. The molecule has 1 aliphatic rings. The van der Waals surface area contributed by atoms with Crippen LogP contribution in [0.4, 0.5) is 14.5 Å². The molecule has 4 rings (SSSR count). The molecule has 1 N–H and O–H groups in total. The minimum absolute atomic E-state index is 0.0785.